The number of non-ortho nitro benzene ring substituents is 1. The van der Waals surface area contributed by atoms with Crippen molar-refractivity contribution < 1.29 is 14.5 Å². The predicted octanol–water partition coefficient (Wildman–Crippen LogP) is 1.51. The first-order valence-electron chi connectivity index (χ1n) is 4.56. The lowest BCUT2D eigenvalue weighted by atomic mass is 10.1. The average Bonchev–Trinajstić information content (AvgIpc) is 2.06. The molecule has 1 N–H and O–H groups in total. The Balaban J connectivity index is 3.06. The molecule has 0 saturated heterocycles. The van der Waals surface area contributed by atoms with E-state index < -0.39 is 4.92 Å². The fourth-order valence-electron chi connectivity index (χ4n) is 1.32. The van der Waals surface area contributed by atoms with E-state index in [0.29, 0.717) is 16.6 Å². The fourth-order valence-corrected chi connectivity index (χ4v) is 1.32. The van der Waals surface area contributed by atoms with Crippen molar-refractivity contribution in [2.24, 2.45) is 0 Å². The zero-order valence-corrected chi connectivity index (χ0v) is 9.10. The molecular weight excluding hydrogens is 196 g/mol. The Morgan fingerprint density at radius 3 is 2.47 bits per heavy atom. The number of hydrogen-bond donors (Lipinski definition) is 1. The van der Waals surface area contributed by atoms with Crippen LogP contribution in [0.5, 0.6) is 5.75 Å². The van der Waals surface area contributed by atoms with Gasteiger partial charge in [-0.2, -0.15) is 0 Å². The highest BCUT2D eigenvalue weighted by atomic mass is 16.6. The minimum absolute atomic E-state index is 0.0104. The number of nitro groups is 1. The lowest BCUT2D eigenvalue weighted by Crippen LogP contribution is -2.33. The van der Waals surface area contributed by atoms with E-state index in [9.17, 15) is 15.2 Å². The van der Waals surface area contributed by atoms with Crippen molar-refractivity contribution in [1.82, 2.24) is 0 Å². The third-order valence-electron chi connectivity index (χ3n) is 1.92. The number of benzene rings is 1. The molecule has 0 atom stereocenters. The van der Waals surface area contributed by atoms with Gasteiger partial charge in [0, 0.05) is 12.1 Å². The normalized spacial score (nSPS) is 11.4. The summed E-state index contributed by atoms with van der Waals surface area (Å²) in [5, 5.41) is 20.1. The second-order valence-electron chi connectivity index (χ2n) is 4.52. The molecule has 0 unspecified atom stereocenters. The lowest BCUT2D eigenvalue weighted by molar-refractivity contribution is -0.884. The summed E-state index contributed by atoms with van der Waals surface area (Å²) in [6, 6.07) is 4.08. The van der Waals surface area contributed by atoms with Gasteiger partial charge in [-0.25, -0.2) is 0 Å². The van der Waals surface area contributed by atoms with Crippen LogP contribution in [0, 0.1) is 10.1 Å². The molecule has 0 saturated carbocycles. The molecule has 0 heterocycles. The van der Waals surface area contributed by atoms with Crippen LogP contribution in [0.3, 0.4) is 0 Å². The molecule has 5 heteroatoms. The maximum absolute atomic E-state index is 10.5. The molecule has 82 valence electrons. The molecule has 1 aromatic rings. The average molecular weight is 211 g/mol. The standard InChI is InChI=1S/C10H14N2O3/c1-12(2,3)7-8-6-9(11(14)15)4-5-10(8)13/h4-6H,7H2,1-3H3/p+1. The van der Waals surface area contributed by atoms with Gasteiger partial charge in [0.2, 0.25) is 0 Å². The second-order valence-corrected chi connectivity index (χ2v) is 4.52. The van der Waals surface area contributed by atoms with Gasteiger partial charge in [0.1, 0.15) is 12.3 Å². The molecule has 15 heavy (non-hydrogen) atoms. The summed E-state index contributed by atoms with van der Waals surface area (Å²) in [5.41, 5.74) is 0.605. The van der Waals surface area contributed by atoms with Crippen molar-refractivity contribution in [3.8, 4) is 5.75 Å². The van der Waals surface area contributed by atoms with Crippen LogP contribution in [0.15, 0.2) is 18.2 Å². The number of aromatic hydroxyl groups is 1. The first kappa shape index (κ1) is 11.5. The number of nitro benzene ring substituents is 1. The highest BCUT2D eigenvalue weighted by molar-refractivity contribution is 5.42. The minimum atomic E-state index is -0.460. The number of rotatable bonds is 3. The van der Waals surface area contributed by atoms with Gasteiger partial charge in [-0.3, -0.25) is 10.1 Å². The van der Waals surface area contributed by atoms with Gasteiger partial charge in [0.15, 0.2) is 0 Å². The first-order chi connectivity index (χ1) is 6.79. The zero-order valence-electron chi connectivity index (χ0n) is 9.10. The van der Waals surface area contributed by atoms with Crippen LogP contribution in [-0.4, -0.2) is 35.7 Å². The van der Waals surface area contributed by atoms with Gasteiger partial charge < -0.3 is 9.59 Å². The Hall–Kier alpha value is -1.62. The topological polar surface area (TPSA) is 63.4 Å². The molecule has 0 spiro atoms. The van der Waals surface area contributed by atoms with Crippen LogP contribution in [-0.2, 0) is 6.54 Å². The van der Waals surface area contributed by atoms with Gasteiger partial charge in [0.25, 0.3) is 5.69 Å². The van der Waals surface area contributed by atoms with Crippen molar-refractivity contribution in [3.05, 3.63) is 33.9 Å². The van der Waals surface area contributed by atoms with E-state index in [-0.39, 0.29) is 11.4 Å². The summed E-state index contributed by atoms with van der Waals surface area (Å²) in [6.45, 7) is 0.549. The summed E-state index contributed by atoms with van der Waals surface area (Å²) < 4.78 is 0.606. The fraction of sp³-hybridized carbons (Fsp3) is 0.400. The Bertz CT molecular complexity index is 383. The SMILES string of the molecule is C[N+](C)(C)Cc1cc([N+](=O)[O-])ccc1O. The monoisotopic (exact) mass is 211 g/mol. The summed E-state index contributed by atoms with van der Waals surface area (Å²) in [5.74, 6) is 0.105. The molecule has 0 aliphatic carbocycles. The maximum Gasteiger partial charge on any atom is 0.270 e. The Morgan fingerprint density at radius 1 is 1.40 bits per heavy atom. The molecule has 0 amide bonds. The van der Waals surface area contributed by atoms with E-state index in [1.807, 2.05) is 21.1 Å². The van der Waals surface area contributed by atoms with Gasteiger partial charge in [-0.1, -0.05) is 0 Å². The van der Waals surface area contributed by atoms with Crippen LogP contribution >= 0.6 is 0 Å². The predicted molar refractivity (Wildman–Crippen MR) is 56.5 cm³/mol. The quantitative estimate of drug-likeness (QED) is 0.468. The summed E-state index contributed by atoms with van der Waals surface area (Å²) in [4.78, 5) is 10.1. The van der Waals surface area contributed by atoms with Crippen molar-refractivity contribution in [2.45, 2.75) is 6.54 Å². The smallest absolute Gasteiger partial charge is 0.270 e. The summed E-state index contributed by atoms with van der Waals surface area (Å²) in [6.07, 6.45) is 0. The van der Waals surface area contributed by atoms with Crippen LogP contribution in [0.4, 0.5) is 5.69 Å². The van der Waals surface area contributed by atoms with E-state index in [4.69, 9.17) is 0 Å². The van der Waals surface area contributed by atoms with Gasteiger partial charge >= 0.3 is 0 Å². The van der Waals surface area contributed by atoms with Crippen molar-refractivity contribution >= 4 is 5.69 Å². The van der Waals surface area contributed by atoms with Crippen molar-refractivity contribution in [1.29, 1.82) is 0 Å². The molecule has 0 bridgehead atoms. The zero-order chi connectivity index (χ0) is 11.6. The molecule has 0 aromatic heterocycles. The highest BCUT2D eigenvalue weighted by Gasteiger charge is 2.16. The lowest BCUT2D eigenvalue weighted by Gasteiger charge is -2.24. The number of phenols is 1. The van der Waals surface area contributed by atoms with Crippen molar-refractivity contribution in [2.75, 3.05) is 21.1 Å². The van der Waals surface area contributed by atoms with E-state index in [1.165, 1.54) is 18.2 Å². The van der Waals surface area contributed by atoms with Crippen molar-refractivity contribution in [3.63, 3.8) is 0 Å². The molecular formula is C10H15N2O3+. The molecule has 0 radical (unpaired) electrons. The molecule has 0 aliphatic heterocycles. The Labute approximate surface area is 88.3 Å². The van der Waals surface area contributed by atoms with Gasteiger partial charge in [0.05, 0.1) is 31.6 Å². The van der Waals surface area contributed by atoms with Crippen LogP contribution in [0.25, 0.3) is 0 Å². The largest absolute Gasteiger partial charge is 0.507 e. The highest BCUT2D eigenvalue weighted by Crippen LogP contribution is 2.24. The third kappa shape index (κ3) is 3.21. The molecule has 0 fully saturated rings. The second kappa shape index (κ2) is 3.86. The Kier molecular flexibility index (Phi) is 2.95. The minimum Gasteiger partial charge on any atom is -0.507 e. The van der Waals surface area contributed by atoms with E-state index >= 15 is 0 Å². The van der Waals surface area contributed by atoms with Gasteiger partial charge in [-0.05, 0) is 6.07 Å². The van der Waals surface area contributed by atoms with Crippen LogP contribution in [0.1, 0.15) is 5.56 Å². The van der Waals surface area contributed by atoms with E-state index in [1.54, 1.807) is 0 Å². The molecule has 1 aromatic carbocycles. The molecule has 1 rings (SSSR count). The molecule has 5 nitrogen and oxygen atoms in total. The van der Waals surface area contributed by atoms with E-state index in [2.05, 4.69) is 0 Å². The number of phenolic OH excluding ortho intramolecular Hbond substituents is 1. The number of hydrogen-bond acceptors (Lipinski definition) is 3. The van der Waals surface area contributed by atoms with Crippen LogP contribution < -0.4 is 0 Å². The first-order valence-corrected chi connectivity index (χ1v) is 4.56. The number of quaternary nitrogens is 1. The summed E-state index contributed by atoms with van der Waals surface area (Å²) in [7, 11) is 5.87. The van der Waals surface area contributed by atoms with Crippen LogP contribution in [0.2, 0.25) is 0 Å². The number of nitrogens with zero attached hydrogens (tertiary/aromatic N) is 2. The molecule has 0 aliphatic rings. The third-order valence-corrected chi connectivity index (χ3v) is 1.92. The maximum atomic E-state index is 10.5. The summed E-state index contributed by atoms with van der Waals surface area (Å²) >= 11 is 0. The van der Waals surface area contributed by atoms with E-state index in [0.717, 1.165) is 0 Å². The van der Waals surface area contributed by atoms with Gasteiger partial charge in [-0.15, -0.1) is 0 Å². The Morgan fingerprint density at radius 2 is 2.00 bits per heavy atom.